The van der Waals surface area contributed by atoms with Gasteiger partial charge in [-0.2, -0.15) is 0 Å². The first-order chi connectivity index (χ1) is 13.0. The maximum atomic E-state index is 14.3. The van der Waals surface area contributed by atoms with Crippen molar-refractivity contribution in [1.29, 1.82) is 0 Å². The van der Waals surface area contributed by atoms with Gasteiger partial charge in [0, 0.05) is 13.1 Å². The van der Waals surface area contributed by atoms with E-state index in [0.717, 1.165) is 15.9 Å². The molecule has 0 bridgehead atoms. The van der Waals surface area contributed by atoms with Crippen LogP contribution in [0.5, 0.6) is 5.75 Å². The molecule has 2 heterocycles. The van der Waals surface area contributed by atoms with Gasteiger partial charge in [0.2, 0.25) is 0 Å². The molecule has 0 saturated carbocycles. The third-order valence-electron chi connectivity index (χ3n) is 4.67. The van der Waals surface area contributed by atoms with Crippen LogP contribution >= 0.6 is 0 Å². The van der Waals surface area contributed by atoms with Gasteiger partial charge in [0.05, 0.1) is 29.5 Å². The van der Waals surface area contributed by atoms with Gasteiger partial charge in [-0.15, -0.1) is 0 Å². The number of carbonyl (C=O) groups is 4. The molecule has 2 aromatic rings. The van der Waals surface area contributed by atoms with Gasteiger partial charge in [0.1, 0.15) is 11.6 Å². The molecule has 0 spiro atoms. The molecule has 0 atom stereocenters. The number of amides is 3. The van der Waals surface area contributed by atoms with E-state index in [4.69, 9.17) is 4.74 Å². The van der Waals surface area contributed by atoms with E-state index >= 15 is 0 Å². The highest BCUT2D eigenvalue weighted by molar-refractivity contribution is 6.53. The largest absolute Gasteiger partial charge is 0.496 e. The van der Waals surface area contributed by atoms with Crippen LogP contribution in [-0.4, -0.2) is 48.6 Å². The molecule has 7 nitrogen and oxygen atoms in total. The number of rotatable bonds is 4. The quantitative estimate of drug-likeness (QED) is 0.605. The summed E-state index contributed by atoms with van der Waals surface area (Å²) >= 11 is 0. The minimum atomic E-state index is -0.926. The zero-order chi connectivity index (χ0) is 19.3. The highest BCUT2D eigenvalue weighted by atomic mass is 19.1. The normalized spacial score (nSPS) is 15.5. The van der Waals surface area contributed by atoms with Crippen molar-refractivity contribution in [2.75, 3.05) is 25.1 Å². The van der Waals surface area contributed by atoms with E-state index in [0.29, 0.717) is 0 Å². The molecule has 0 N–H and O–H groups in total. The van der Waals surface area contributed by atoms with Crippen LogP contribution in [0.25, 0.3) is 0 Å². The molecule has 0 aliphatic carbocycles. The molecule has 0 unspecified atom stereocenters. The molecule has 4 rings (SSSR count). The minimum Gasteiger partial charge on any atom is -0.496 e. The Bertz CT molecular complexity index is 998. The molecular formula is C19H13FN2O5. The van der Waals surface area contributed by atoms with Crippen LogP contribution in [0.2, 0.25) is 0 Å². The third-order valence-corrected chi connectivity index (χ3v) is 4.67. The van der Waals surface area contributed by atoms with Crippen LogP contribution in [0.15, 0.2) is 36.4 Å². The summed E-state index contributed by atoms with van der Waals surface area (Å²) in [4.78, 5) is 51.3. The Balaban J connectivity index is 1.63. The zero-order valence-corrected chi connectivity index (χ0v) is 14.2. The number of benzene rings is 2. The lowest BCUT2D eigenvalue weighted by Crippen LogP contribution is -2.40. The summed E-state index contributed by atoms with van der Waals surface area (Å²) in [6, 6.07) is 8.74. The van der Waals surface area contributed by atoms with Crippen molar-refractivity contribution >= 4 is 29.2 Å². The summed E-state index contributed by atoms with van der Waals surface area (Å²) in [6.07, 6.45) is 0. The highest BCUT2D eigenvalue weighted by Gasteiger charge is 2.42. The van der Waals surface area contributed by atoms with Crippen LogP contribution in [0.1, 0.15) is 31.1 Å². The second-order valence-corrected chi connectivity index (χ2v) is 6.07. The molecule has 8 heteroatoms. The molecule has 136 valence electrons. The molecule has 0 radical (unpaired) electrons. The second kappa shape index (κ2) is 6.01. The van der Waals surface area contributed by atoms with Crippen LogP contribution in [0, 0.1) is 5.82 Å². The molecule has 2 aliphatic rings. The number of Topliss-reactive ketones (excluding diaryl/α,β-unsaturated/α-hetero) is 1. The minimum absolute atomic E-state index is 0.0907. The highest BCUT2D eigenvalue weighted by Crippen LogP contribution is 2.38. The fourth-order valence-electron chi connectivity index (χ4n) is 3.39. The number of hydrogen-bond acceptors (Lipinski definition) is 5. The first-order valence-corrected chi connectivity index (χ1v) is 8.13. The third kappa shape index (κ3) is 2.33. The van der Waals surface area contributed by atoms with Gasteiger partial charge in [-0.25, -0.2) is 4.39 Å². The molecule has 2 aliphatic heterocycles. The van der Waals surface area contributed by atoms with Crippen molar-refractivity contribution < 1.29 is 28.3 Å². The summed E-state index contributed by atoms with van der Waals surface area (Å²) in [6.45, 7) is -0.366. The van der Waals surface area contributed by atoms with Crippen molar-refractivity contribution in [3.05, 3.63) is 58.9 Å². The summed E-state index contributed by atoms with van der Waals surface area (Å²) in [5.74, 6) is -3.45. The Hall–Kier alpha value is -3.55. The molecule has 0 fully saturated rings. The first kappa shape index (κ1) is 16.9. The Morgan fingerprint density at radius 1 is 0.852 bits per heavy atom. The molecule has 3 amide bonds. The number of methoxy groups -OCH3 is 1. The summed E-state index contributed by atoms with van der Waals surface area (Å²) in [5, 5.41) is 0. The molecule has 2 aromatic carbocycles. The van der Waals surface area contributed by atoms with E-state index in [2.05, 4.69) is 0 Å². The summed E-state index contributed by atoms with van der Waals surface area (Å²) in [7, 11) is 1.31. The number of imide groups is 1. The van der Waals surface area contributed by atoms with E-state index in [9.17, 15) is 23.6 Å². The van der Waals surface area contributed by atoms with Crippen molar-refractivity contribution in [2.24, 2.45) is 0 Å². The molecular weight excluding hydrogens is 355 g/mol. The number of ketones is 1. The first-order valence-electron chi connectivity index (χ1n) is 8.13. The molecule has 0 saturated heterocycles. The van der Waals surface area contributed by atoms with E-state index < -0.39 is 29.3 Å². The number of ether oxygens (including phenoxy) is 1. The second-order valence-electron chi connectivity index (χ2n) is 6.07. The topological polar surface area (TPSA) is 84.0 Å². The van der Waals surface area contributed by atoms with E-state index in [1.54, 1.807) is 24.3 Å². The Morgan fingerprint density at radius 3 is 2.04 bits per heavy atom. The SMILES string of the molecule is COc1ccc(F)c2c1C(=O)C(=O)N2CCN1C(=O)c2ccccc2C1=O. The smallest absolute Gasteiger partial charge is 0.299 e. The van der Waals surface area contributed by atoms with E-state index in [1.165, 1.54) is 13.2 Å². The van der Waals surface area contributed by atoms with Crippen LogP contribution in [0.4, 0.5) is 10.1 Å². The van der Waals surface area contributed by atoms with Crippen LogP contribution in [0.3, 0.4) is 0 Å². The van der Waals surface area contributed by atoms with Gasteiger partial charge in [-0.05, 0) is 24.3 Å². The molecule has 27 heavy (non-hydrogen) atoms. The van der Waals surface area contributed by atoms with E-state index in [1.807, 2.05) is 0 Å². The lowest BCUT2D eigenvalue weighted by molar-refractivity contribution is -0.114. The van der Waals surface area contributed by atoms with Crippen molar-refractivity contribution in [3.63, 3.8) is 0 Å². The molecule has 0 aromatic heterocycles. The average Bonchev–Trinajstić information content (AvgIpc) is 3.07. The number of halogens is 1. The summed E-state index contributed by atoms with van der Waals surface area (Å²) in [5.41, 5.74) is 0.213. The number of hydrogen-bond donors (Lipinski definition) is 0. The van der Waals surface area contributed by atoms with Gasteiger partial charge >= 0.3 is 0 Å². The number of fused-ring (bicyclic) bond motifs is 2. The summed E-state index contributed by atoms with van der Waals surface area (Å²) < 4.78 is 19.4. The number of carbonyl (C=O) groups excluding carboxylic acids is 4. The van der Waals surface area contributed by atoms with Crippen molar-refractivity contribution in [1.82, 2.24) is 4.90 Å². The number of anilines is 1. The average molecular weight is 368 g/mol. The fourth-order valence-corrected chi connectivity index (χ4v) is 3.39. The lowest BCUT2D eigenvalue weighted by Gasteiger charge is -2.21. The van der Waals surface area contributed by atoms with Crippen molar-refractivity contribution in [2.45, 2.75) is 0 Å². The lowest BCUT2D eigenvalue weighted by atomic mass is 10.1. The Morgan fingerprint density at radius 2 is 1.44 bits per heavy atom. The maximum absolute atomic E-state index is 14.3. The predicted molar refractivity (Wildman–Crippen MR) is 91.4 cm³/mol. The Kier molecular flexibility index (Phi) is 3.76. The Labute approximate surface area is 152 Å². The standard InChI is InChI=1S/C19H13FN2O5/c1-27-13-7-6-12(20)15-14(13)16(23)19(26)21(15)8-9-22-17(24)10-4-2-3-5-11(10)18(22)25/h2-7H,8-9H2,1H3. The van der Waals surface area contributed by atoms with Gasteiger partial charge in [-0.1, -0.05) is 12.1 Å². The van der Waals surface area contributed by atoms with Gasteiger partial charge in [0.25, 0.3) is 23.5 Å². The predicted octanol–water partition coefficient (Wildman–Crippen LogP) is 1.66. The van der Waals surface area contributed by atoms with E-state index in [-0.39, 0.29) is 41.2 Å². The van der Waals surface area contributed by atoms with Crippen LogP contribution < -0.4 is 9.64 Å². The van der Waals surface area contributed by atoms with Gasteiger partial charge < -0.3 is 9.64 Å². The van der Waals surface area contributed by atoms with Gasteiger partial charge in [0.15, 0.2) is 0 Å². The monoisotopic (exact) mass is 368 g/mol. The maximum Gasteiger partial charge on any atom is 0.299 e. The van der Waals surface area contributed by atoms with Gasteiger partial charge in [-0.3, -0.25) is 24.1 Å². The zero-order valence-electron chi connectivity index (χ0n) is 14.2. The van der Waals surface area contributed by atoms with Crippen LogP contribution in [-0.2, 0) is 4.79 Å². The number of nitrogens with zero attached hydrogens (tertiary/aromatic N) is 2. The fraction of sp³-hybridized carbons (Fsp3) is 0.158. The van der Waals surface area contributed by atoms with Crippen molar-refractivity contribution in [3.8, 4) is 5.75 Å².